The summed E-state index contributed by atoms with van der Waals surface area (Å²) in [5, 5.41) is 9.49. The number of aromatic nitrogens is 3. The zero-order valence-corrected chi connectivity index (χ0v) is 22.3. The standard InChI is InChI=1S/C14H12ClN3.C10H16N4O2S2/c15-12-5-3-10(4-6-12)14-13(9-17-18-14)11-2-1-7-16-8-11;1-17-10(14-9-5-6-11-14)12-18(15,16)13-7-3-2-4-8-13/h1-8,13,17H,9H2;5-6,9H,2-4,7-8H2,1H3. The Hall–Kier alpha value is -2.73. The van der Waals surface area contributed by atoms with Gasteiger partial charge >= 0.3 is 10.2 Å². The Morgan fingerprint density at radius 3 is 2.53 bits per heavy atom. The SMILES string of the molecule is CSC(=NS(=O)(=O)N1CCCCC1)n1cccn1.Clc1ccc(C2=NNCC2c2cccnc2)cc1. The average molecular weight is 546 g/mol. The molecule has 5 rings (SSSR count). The molecule has 36 heavy (non-hydrogen) atoms. The summed E-state index contributed by atoms with van der Waals surface area (Å²) in [6.07, 6.45) is 11.6. The molecule has 9 nitrogen and oxygen atoms in total. The number of thioether (sulfide) groups is 1. The minimum Gasteiger partial charge on any atom is -0.309 e. The molecule has 12 heteroatoms. The maximum atomic E-state index is 12.1. The number of rotatable bonds is 4. The van der Waals surface area contributed by atoms with Gasteiger partial charge in [-0.2, -0.15) is 22.9 Å². The lowest BCUT2D eigenvalue weighted by Gasteiger charge is -2.23. The van der Waals surface area contributed by atoms with Crippen molar-refractivity contribution in [1.29, 1.82) is 0 Å². The summed E-state index contributed by atoms with van der Waals surface area (Å²) in [5.74, 6) is 0.250. The van der Waals surface area contributed by atoms with Crippen molar-refractivity contribution in [2.24, 2.45) is 9.50 Å². The summed E-state index contributed by atoms with van der Waals surface area (Å²) >= 11 is 7.17. The van der Waals surface area contributed by atoms with Crippen LogP contribution in [0.15, 0.2) is 76.8 Å². The van der Waals surface area contributed by atoms with Crippen molar-refractivity contribution in [2.45, 2.75) is 25.2 Å². The van der Waals surface area contributed by atoms with Crippen molar-refractivity contribution >= 4 is 44.5 Å². The maximum Gasteiger partial charge on any atom is 0.324 e. The van der Waals surface area contributed by atoms with Crippen LogP contribution < -0.4 is 5.43 Å². The summed E-state index contributed by atoms with van der Waals surface area (Å²) in [6.45, 7) is 1.93. The smallest absolute Gasteiger partial charge is 0.309 e. The van der Waals surface area contributed by atoms with E-state index in [9.17, 15) is 8.42 Å². The Kier molecular flexibility index (Phi) is 9.13. The number of pyridine rings is 1. The second-order valence-corrected chi connectivity index (χ2v) is 11.0. The molecule has 0 saturated carbocycles. The third-order valence-electron chi connectivity index (χ3n) is 5.77. The van der Waals surface area contributed by atoms with Crippen LogP contribution in [-0.2, 0) is 10.2 Å². The summed E-state index contributed by atoms with van der Waals surface area (Å²) < 4.78 is 31.0. The highest BCUT2D eigenvalue weighted by atomic mass is 35.5. The Bertz CT molecular complexity index is 1280. The topological polar surface area (TPSA) is 105 Å². The molecule has 1 unspecified atom stereocenters. The van der Waals surface area contributed by atoms with Gasteiger partial charge < -0.3 is 5.43 Å². The van der Waals surface area contributed by atoms with Crippen LogP contribution >= 0.6 is 23.4 Å². The molecule has 1 atom stereocenters. The van der Waals surface area contributed by atoms with E-state index in [0.717, 1.165) is 42.1 Å². The van der Waals surface area contributed by atoms with Crippen LogP contribution in [0.5, 0.6) is 0 Å². The van der Waals surface area contributed by atoms with Gasteiger partial charge in [0.2, 0.25) is 5.17 Å². The lowest BCUT2D eigenvalue weighted by Crippen LogP contribution is -2.35. The predicted molar refractivity (Wildman–Crippen MR) is 146 cm³/mol. The molecule has 190 valence electrons. The first-order chi connectivity index (χ1) is 17.5. The van der Waals surface area contributed by atoms with Crippen LogP contribution in [0.3, 0.4) is 0 Å². The number of piperidine rings is 1. The van der Waals surface area contributed by atoms with E-state index in [1.165, 1.54) is 26.3 Å². The van der Waals surface area contributed by atoms with Crippen molar-refractivity contribution < 1.29 is 8.42 Å². The Labute approximate surface area is 220 Å². The van der Waals surface area contributed by atoms with Crippen LogP contribution in [0.2, 0.25) is 5.02 Å². The fourth-order valence-electron chi connectivity index (χ4n) is 3.95. The molecule has 0 amide bonds. The van der Waals surface area contributed by atoms with Gasteiger partial charge in [-0.1, -0.05) is 48.0 Å². The molecular formula is C24H28ClN7O2S2. The van der Waals surface area contributed by atoms with E-state index in [-0.39, 0.29) is 5.92 Å². The molecule has 2 aromatic heterocycles. The molecular weight excluding hydrogens is 518 g/mol. The van der Waals surface area contributed by atoms with Gasteiger partial charge in [0, 0.05) is 55.4 Å². The van der Waals surface area contributed by atoms with Crippen molar-refractivity contribution in [3.8, 4) is 0 Å². The second-order valence-electron chi connectivity index (χ2n) is 8.17. The van der Waals surface area contributed by atoms with Gasteiger partial charge in [-0.3, -0.25) is 4.98 Å². The van der Waals surface area contributed by atoms with Crippen LogP contribution in [0, 0.1) is 0 Å². The molecule has 1 fully saturated rings. The van der Waals surface area contributed by atoms with E-state index >= 15 is 0 Å². The van der Waals surface area contributed by atoms with Gasteiger partial charge in [0.1, 0.15) is 0 Å². The van der Waals surface area contributed by atoms with Gasteiger partial charge in [0.15, 0.2) is 0 Å². The number of halogens is 1. The van der Waals surface area contributed by atoms with Crippen molar-refractivity contribution in [3.05, 3.63) is 83.4 Å². The molecule has 3 aromatic rings. The summed E-state index contributed by atoms with van der Waals surface area (Å²) in [4.78, 5) is 4.17. The fraction of sp³-hybridized carbons (Fsp3) is 0.333. The van der Waals surface area contributed by atoms with Gasteiger partial charge in [0.25, 0.3) is 0 Å². The third-order valence-corrected chi connectivity index (χ3v) is 8.20. The second kappa shape index (κ2) is 12.5. The summed E-state index contributed by atoms with van der Waals surface area (Å²) in [7, 11) is -3.58. The van der Waals surface area contributed by atoms with Crippen LogP contribution in [0.4, 0.5) is 0 Å². The number of benzene rings is 1. The van der Waals surface area contributed by atoms with Crippen LogP contribution in [0.25, 0.3) is 0 Å². The number of hydrogen-bond donors (Lipinski definition) is 1. The maximum absolute atomic E-state index is 12.1. The highest BCUT2D eigenvalue weighted by molar-refractivity contribution is 8.13. The lowest BCUT2D eigenvalue weighted by molar-refractivity contribution is 0.347. The molecule has 2 aliphatic rings. The van der Waals surface area contributed by atoms with Gasteiger partial charge in [-0.15, -0.1) is 4.40 Å². The zero-order valence-electron chi connectivity index (χ0n) is 19.9. The molecule has 2 aliphatic heterocycles. The van der Waals surface area contributed by atoms with Gasteiger partial charge in [0.05, 0.1) is 5.71 Å². The largest absolute Gasteiger partial charge is 0.324 e. The molecule has 1 aromatic carbocycles. The third kappa shape index (κ3) is 6.73. The van der Waals surface area contributed by atoms with Crippen molar-refractivity contribution in [2.75, 3.05) is 25.9 Å². The van der Waals surface area contributed by atoms with E-state index in [0.29, 0.717) is 18.3 Å². The lowest BCUT2D eigenvalue weighted by atomic mass is 9.92. The Morgan fingerprint density at radius 1 is 1.11 bits per heavy atom. The summed E-state index contributed by atoms with van der Waals surface area (Å²) in [5.41, 5.74) is 6.38. The Morgan fingerprint density at radius 2 is 1.89 bits per heavy atom. The molecule has 1 saturated heterocycles. The summed E-state index contributed by atoms with van der Waals surface area (Å²) in [6, 6.07) is 13.5. The first-order valence-corrected chi connectivity index (χ1v) is 14.6. The number of nitrogens with one attached hydrogen (secondary N) is 1. The average Bonchev–Trinajstić information content (AvgIpc) is 3.62. The quantitative estimate of drug-likeness (QED) is 0.392. The predicted octanol–water partition coefficient (Wildman–Crippen LogP) is 4.01. The van der Waals surface area contributed by atoms with Crippen molar-refractivity contribution in [3.63, 3.8) is 0 Å². The van der Waals surface area contributed by atoms with E-state index in [4.69, 9.17) is 11.6 Å². The van der Waals surface area contributed by atoms with E-state index in [2.05, 4.69) is 31.1 Å². The first-order valence-electron chi connectivity index (χ1n) is 11.6. The van der Waals surface area contributed by atoms with Crippen LogP contribution in [0.1, 0.15) is 36.3 Å². The molecule has 0 radical (unpaired) electrons. The molecule has 1 N–H and O–H groups in total. The van der Waals surface area contributed by atoms with Crippen molar-refractivity contribution in [1.82, 2.24) is 24.5 Å². The van der Waals surface area contributed by atoms with Gasteiger partial charge in [-0.05, 0) is 54.5 Å². The number of hydrazone groups is 1. The van der Waals surface area contributed by atoms with E-state index < -0.39 is 10.2 Å². The number of hydrogen-bond acceptors (Lipinski definition) is 7. The first kappa shape index (κ1) is 26.3. The molecule has 0 bridgehead atoms. The monoisotopic (exact) mass is 545 g/mol. The highest BCUT2D eigenvalue weighted by Gasteiger charge is 2.25. The molecule has 0 spiro atoms. The minimum absolute atomic E-state index is 0.250. The minimum atomic E-state index is -3.58. The Balaban J connectivity index is 0.000000169. The van der Waals surface area contributed by atoms with E-state index in [1.54, 1.807) is 30.9 Å². The number of nitrogens with zero attached hydrogens (tertiary/aromatic N) is 6. The highest BCUT2D eigenvalue weighted by Crippen LogP contribution is 2.24. The van der Waals surface area contributed by atoms with Crippen LogP contribution in [-0.4, -0.2) is 64.3 Å². The van der Waals surface area contributed by atoms with E-state index in [1.807, 2.05) is 36.5 Å². The molecule has 4 heterocycles. The zero-order chi connectivity index (χ0) is 25.4. The normalized spacial score (nSPS) is 18.7. The molecule has 0 aliphatic carbocycles. The van der Waals surface area contributed by atoms with Gasteiger partial charge in [-0.25, -0.2) is 4.68 Å². The fourth-order valence-corrected chi connectivity index (χ4v) is 6.07.